The van der Waals surface area contributed by atoms with E-state index in [1.165, 1.54) is 0 Å². The van der Waals surface area contributed by atoms with E-state index in [9.17, 15) is 4.79 Å². The maximum atomic E-state index is 11.2. The number of hydrogen-bond acceptors (Lipinski definition) is 4. The van der Waals surface area contributed by atoms with Gasteiger partial charge in [-0.3, -0.25) is 9.48 Å². The lowest BCUT2D eigenvalue weighted by atomic mass is 10.5. The highest BCUT2D eigenvalue weighted by atomic mass is 35.5. The van der Waals surface area contributed by atoms with E-state index in [0.29, 0.717) is 25.3 Å². The number of amides is 1. The highest BCUT2D eigenvalue weighted by Gasteiger charge is 2.01. The van der Waals surface area contributed by atoms with Crippen LogP contribution in [0.25, 0.3) is 0 Å². The smallest absolute Gasteiger partial charge is 0.234 e. The Bertz CT molecular complexity index is 329. The summed E-state index contributed by atoms with van der Waals surface area (Å²) in [7, 11) is 3.71. The summed E-state index contributed by atoms with van der Waals surface area (Å²) in [5, 5.41) is 6.79. The van der Waals surface area contributed by atoms with Crippen LogP contribution >= 0.6 is 24.8 Å². The fourth-order valence-corrected chi connectivity index (χ4v) is 1.15. The van der Waals surface area contributed by atoms with Gasteiger partial charge in [0.15, 0.2) is 0 Å². The van der Waals surface area contributed by atoms with Gasteiger partial charge in [0.1, 0.15) is 0 Å². The minimum atomic E-state index is 0. The zero-order chi connectivity index (χ0) is 11.3. The summed E-state index contributed by atoms with van der Waals surface area (Å²) >= 11 is 0. The minimum Gasteiger partial charge on any atom is -0.396 e. The number of halogens is 2. The highest BCUT2D eigenvalue weighted by molar-refractivity contribution is 5.85. The molecule has 0 spiro atoms. The van der Waals surface area contributed by atoms with Gasteiger partial charge in [0, 0.05) is 12.7 Å². The number of aromatic nitrogens is 2. The van der Waals surface area contributed by atoms with Gasteiger partial charge in [-0.15, -0.1) is 24.8 Å². The van der Waals surface area contributed by atoms with Crippen LogP contribution in [0, 0.1) is 0 Å². The number of anilines is 1. The third kappa shape index (κ3) is 7.84. The Kier molecular flexibility index (Phi) is 9.83. The van der Waals surface area contributed by atoms with Crippen molar-refractivity contribution in [1.29, 1.82) is 0 Å². The van der Waals surface area contributed by atoms with Crippen molar-refractivity contribution in [2.24, 2.45) is 0 Å². The number of likely N-dealkylation sites (N-methyl/N-ethyl adjacent to an activating group) is 1. The van der Waals surface area contributed by atoms with Crippen LogP contribution in [-0.2, 0) is 11.3 Å². The van der Waals surface area contributed by atoms with E-state index in [4.69, 9.17) is 5.73 Å². The standard InChI is InChI=1S/C9H17N5O.2ClH/c1-13(2)7-9(15)11-3-4-14-6-8(10)5-12-14;;/h5-6H,3-4,7,10H2,1-2H3,(H,11,15);2*1H. The van der Waals surface area contributed by atoms with Crippen LogP contribution < -0.4 is 11.1 Å². The Labute approximate surface area is 113 Å². The molecule has 0 unspecified atom stereocenters. The molecule has 0 aliphatic rings. The van der Waals surface area contributed by atoms with E-state index in [1.54, 1.807) is 17.1 Å². The normalized spacial score (nSPS) is 9.35. The second kappa shape index (κ2) is 9.09. The van der Waals surface area contributed by atoms with Gasteiger partial charge < -0.3 is 16.0 Å². The Morgan fingerprint density at radius 1 is 1.53 bits per heavy atom. The largest absolute Gasteiger partial charge is 0.396 e. The molecule has 0 saturated heterocycles. The summed E-state index contributed by atoms with van der Waals surface area (Å²) in [5.41, 5.74) is 6.13. The molecule has 0 saturated carbocycles. The average Bonchev–Trinajstić information content (AvgIpc) is 2.50. The molecule has 0 aliphatic carbocycles. The third-order valence-electron chi connectivity index (χ3n) is 1.78. The Morgan fingerprint density at radius 2 is 2.18 bits per heavy atom. The maximum Gasteiger partial charge on any atom is 0.234 e. The molecule has 0 aromatic carbocycles. The average molecular weight is 284 g/mol. The molecule has 8 heteroatoms. The number of nitrogens with two attached hydrogens (primary N) is 1. The molecule has 100 valence electrons. The zero-order valence-corrected chi connectivity index (χ0v) is 11.6. The summed E-state index contributed by atoms with van der Waals surface area (Å²) < 4.78 is 1.70. The summed E-state index contributed by atoms with van der Waals surface area (Å²) in [6.45, 7) is 1.60. The summed E-state index contributed by atoms with van der Waals surface area (Å²) in [6.07, 6.45) is 3.32. The van der Waals surface area contributed by atoms with Gasteiger partial charge in [-0.2, -0.15) is 5.10 Å². The monoisotopic (exact) mass is 283 g/mol. The number of nitrogen functional groups attached to an aromatic ring is 1. The Balaban J connectivity index is 0. The number of rotatable bonds is 5. The molecule has 6 nitrogen and oxygen atoms in total. The lowest BCUT2D eigenvalue weighted by molar-refractivity contribution is -0.121. The Hall–Kier alpha value is -0.980. The van der Waals surface area contributed by atoms with Gasteiger partial charge in [-0.05, 0) is 14.1 Å². The Morgan fingerprint density at radius 3 is 2.65 bits per heavy atom. The van der Waals surface area contributed by atoms with Crippen molar-refractivity contribution in [3.05, 3.63) is 12.4 Å². The van der Waals surface area contributed by atoms with Crippen LogP contribution in [0.3, 0.4) is 0 Å². The third-order valence-corrected chi connectivity index (χ3v) is 1.78. The topological polar surface area (TPSA) is 76.2 Å². The molecule has 3 N–H and O–H groups in total. The van der Waals surface area contributed by atoms with Crippen LogP contribution in [0.1, 0.15) is 0 Å². The molecule has 0 radical (unpaired) electrons. The van der Waals surface area contributed by atoms with E-state index in [-0.39, 0.29) is 30.7 Å². The van der Waals surface area contributed by atoms with Crippen LogP contribution in [0.2, 0.25) is 0 Å². The highest BCUT2D eigenvalue weighted by Crippen LogP contribution is 1.96. The second-order valence-corrected chi connectivity index (χ2v) is 3.62. The predicted octanol–water partition coefficient (Wildman–Crippen LogP) is -0.0133. The fourth-order valence-electron chi connectivity index (χ4n) is 1.15. The predicted molar refractivity (Wildman–Crippen MR) is 72.7 cm³/mol. The van der Waals surface area contributed by atoms with Crippen molar-refractivity contribution in [2.75, 3.05) is 32.9 Å². The van der Waals surface area contributed by atoms with Crippen molar-refractivity contribution in [3.8, 4) is 0 Å². The van der Waals surface area contributed by atoms with Gasteiger partial charge in [-0.1, -0.05) is 0 Å². The van der Waals surface area contributed by atoms with E-state index >= 15 is 0 Å². The fraction of sp³-hybridized carbons (Fsp3) is 0.556. The van der Waals surface area contributed by atoms with Crippen molar-refractivity contribution < 1.29 is 4.79 Å². The number of nitrogens with zero attached hydrogens (tertiary/aromatic N) is 3. The van der Waals surface area contributed by atoms with E-state index < -0.39 is 0 Å². The van der Waals surface area contributed by atoms with Crippen LogP contribution in [0.4, 0.5) is 5.69 Å². The molecule has 1 aromatic rings. The van der Waals surface area contributed by atoms with Gasteiger partial charge in [0.05, 0.1) is 25.0 Å². The quantitative estimate of drug-likeness (QED) is 0.797. The summed E-state index contributed by atoms with van der Waals surface area (Å²) in [4.78, 5) is 13.1. The van der Waals surface area contributed by atoms with Crippen molar-refractivity contribution in [1.82, 2.24) is 20.0 Å². The van der Waals surface area contributed by atoms with Crippen LogP contribution in [0.5, 0.6) is 0 Å². The maximum absolute atomic E-state index is 11.2. The van der Waals surface area contributed by atoms with Gasteiger partial charge in [-0.25, -0.2) is 0 Å². The molecule has 0 atom stereocenters. The van der Waals surface area contributed by atoms with Gasteiger partial charge in [0.2, 0.25) is 5.91 Å². The first kappa shape index (κ1) is 18.4. The second-order valence-electron chi connectivity index (χ2n) is 3.62. The number of carbonyl (C=O) groups excluding carboxylic acids is 1. The first-order valence-electron chi connectivity index (χ1n) is 4.77. The molecule has 0 aliphatic heterocycles. The molecular formula is C9H19Cl2N5O. The van der Waals surface area contributed by atoms with Crippen LogP contribution in [-0.4, -0.2) is 47.8 Å². The molecule has 0 fully saturated rings. The lowest BCUT2D eigenvalue weighted by Gasteiger charge is -2.09. The summed E-state index contributed by atoms with van der Waals surface area (Å²) in [5.74, 6) is 0.0140. The van der Waals surface area contributed by atoms with Crippen molar-refractivity contribution >= 4 is 36.4 Å². The molecule has 1 rings (SSSR count). The van der Waals surface area contributed by atoms with E-state index in [2.05, 4.69) is 10.4 Å². The SMILES string of the molecule is CN(C)CC(=O)NCCn1cc(N)cn1.Cl.Cl. The molecular weight excluding hydrogens is 265 g/mol. The molecule has 1 aromatic heterocycles. The number of carbonyl (C=O) groups is 1. The van der Waals surface area contributed by atoms with Gasteiger partial charge >= 0.3 is 0 Å². The van der Waals surface area contributed by atoms with Crippen molar-refractivity contribution in [3.63, 3.8) is 0 Å². The number of hydrogen-bond donors (Lipinski definition) is 2. The molecule has 0 bridgehead atoms. The number of nitrogens with one attached hydrogen (secondary N) is 1. The first-order valence-corrected chi connectivity index (χ1v) is 4.77. The lowest BCUT2D eigenvalue weighted by Crippen LogP contribution is -2.35. The minimum absolute atomic E-state index is 0. The first-order chi connectivity index (χ1) is 7.08. The van der Waals surface area contributed by atoms with Crippen molar-refractivity contribution in [2.45, 2.75) is 6.54 Å². The summed E-state index contributed by atoms with van der Waals surface area (Å²) in [6, 6.07) is 0. The van der Waals surface area contributed by atoms with Gasteiger partial charge in [0.25, 0.3) is 0 Å². The van der Waals surface area contributed by atoms with E-state index in [0.717, 1.165) is 0 Å². The molecule has 1 amide bonds. The van der Waals surface area contributed by atoms with E-state index in [1.807, 2.05) is 19.0 Å². The zero-order valence-electron chi connectivity index (χ0n) is 9.92. The molecule has 17 heavy (non-hydrogen) atoms. The molecule has 1 heterocycles. The van der Waals surface area contributed by atoms with Crippen LogP contribution in [0.15, 0.2) is 12.4 Å².